The average molecular weight is 644 g/mol. The number of fused-ring (bicyclic) bond motifs is 8. The lowest BCUT2D eigenvalue weighted by Gasteiger charge is -2.29. The first-order chi connectivity index (χ1) is 24.0. The molecule has 0 saturated carbocycles. The first-order valence-electron chi connectivity index (χ1n) is 17.0. The molecule has 8 aromatic carbocycles. The van der Waals surface area contributed by atoms with Gasteiger partial charge in [0.15, 0.2) is 0 Å². The SMILES string of the molecule is CC1(C)c2ccccc2-c2cc(N(c3ccc4cc5c(cc4c3)sc3ccccc35)c3ccccc3-c3ccc4ccccc4c3)ccc21. The van der Waals surface area contributed by atoms with Gasteiger partial charge in [-0.25, -0.2) is 0 Å². The van der Waals surface area contributed by atoms with Crippen LogP contribution < -0.4 is 4.90 Å². The Kier molecular flexibility index (Phi) is 6.16. The molecule has 10 rings (SSSR count). The van der Waals surface area contributed by atoms with Gasteiger partial charge in [0.05, 0.1) is 5.69 Å². The van der Waals surface area contributed by atoms with Gasteiger partial charge in [-0.3, -0.25) is 0 Å². The van der Waals surface area contributed by atoms with Gasteiger partial charge in [-0.2, -0.15) is 0 Å². The van der Waals surface area contributed by atoms with Crippen molar-refractivity contribution in [2.45, 2.75) is 19.3 Å². The molecule has 2 heteroatoms. The van der Waals surface area contributed by atoms with E-state index in [-0.39, 0.29) is 5.41 Å². The summed E-state index contributed by atoms with van der Waals surface area (Å²) in [6.45, 7) is 4.70. The van der Waals surface area contributed by atoms with E-state index in [4.69, 9.17) is 0 Å². The largest absolute Gasteiger partial charge is 0.310 e. The smallest absolute Gasteiger partial charge is 0.0540 e. The maximum absolute atomic E-state index is 2.47. The summed E-state index contributed by atoms with van der Waals surface area (Å²) in [6.07, 6.45) is 0. The molecule has 0 saturated heterocycles. The Hall–Kier alpha value is -5.70. The van der Waals surface area contributed by atoms with E-state index in [0.29, 0.717) is 0 Å². The minimum atomic E-state index is -0.0448. The Morgan fingerprint density at radius 2 is 1.10 bits per heavy atom. The summed E-state index contributed by atoms with van der Waals surface area (Å²) >= 11 is 1.88. The summed E-state index contributed by atoms with van der Waals surface area (Å²) in [5, 5.41) is 7.67. The predicted molar refractivity (Wildman–Crippen MR) is 212 cm³/mol. The van der Waals surface area contributed by atoms with E-state index in [0.717, 1.165) is 17.1 Å². The molecular weight excluding hydrogens is 611 g/mol. The number of hydrogen-bond donors (Lipinski definition) is 0. The van der Waals surface area contributed by atoms with E-state index in [9.17, 15) is 0 Å². The van der Waals surface area contributed by atoms with Crippen LogP contribution in [0.4, 0.5) is 17.1 Å². The van der Waals surface area contributed by atoms with Crippen LogP contribution in [0, 0.1) is 0 Å². The van der Waals surface area contributed by atoms with E-state index < -0.39 is 0 Å². The second kappa shape index (κ2) is 10.7. The van der Waals surface area contributed by atoms with Gasteiger partial charge in [-0.05, 0) is 104 Å². The summed E-state index contributed by atoms with van der Waals surface area (Å²) in [6, 6.07) is 60.8. The summed E-state index contributed by atoms with van der Waals surface area (Å²) in [7, 11) is 0. The van der Waals surface area contributed by atoms with Crippen LogP contribution in [0.1, 0.15) is 25.0 Å². The third kappa shape index (κ3) is 4.38. The normalized spacial score (nSPS) is 13.3. The van der Waals surface area contributed by atoms with E-state index in [1.165, 1.54) is 75.1 Å². The zero-order valence-electron chi connectivity index (χ0n) is 27.4. The van der Waals surface area contributed by atoms with Crippen molar-refractivity contribution < 1.29 is 0 Å². The molecule has 0 bridgehead atoms. The van der Waals surface area contributed by atoms with Crippen LogP contribution in [0.25, 0.3) is 64.0 Å². The molecule has 1 aromatic heterocycles. The first kappa shape index (κ1) is 28.3. The molecule has 9 aromatic rings. The van der Waals surface area contributed by atoms with Crippen LogP contribution in [-0.4, -0.2) is 0 Å². The lowest BCUT2D eigenvalue weighted by molar-refractivity contribution is 0.660. The van der Waals surface area contributed by atoms with Crippen LogP contribution >= 0.6 is 11.3 Å². The summed E-state index contributed by atoms with van der Waals surface area (Å²) < 4.78 is 2.66. The highest BCUT2D eigenvalue weighted by atomic mass is 32.1. The maximum Gasteiger partial charge on any atom is 0.0540 e. The third-order valence-corrected chi connectivity index (χ3v) is 11.7. The van der Waals surface area contributed by atoms with Gasteiger partial charge < -0.3 is 4.90 Å². The van der Waals surface area contributed by atoms with E-state index >= 15 is 0 Å². The number of thiophene rings is 1. The third-order valence-electron chi connectivity index (χ3n) is 10.6. The van der Waals surface area contributed by atoms with Gasteiger partial charge >= 0.3 is 0 Å². The second-order valence-electron chi connectivity index (χ2n) is 13.8. The van der Waals surface area contributed by atoms with Crippen LogP contribution in [0.2, 0.25) is 0 Å². The van der Waals surface area contributed by atoms with Crippen molar-refractivity contribution in [3.8, 4) is 22.3 Å². The molecule has 0 fully saturated rings. The number of benzene rings is 8. The van der Waals surface area contributed by atoms with E-state index in [2.05, 4.69) is 183 Å². The van der Waals surface area contributed by atoms with Crippen molar-refractivity contribution in [3.63, 3.8) is 0 Å². The molecular formula is C47H33NS. The zero-order valence-corrected chi connectivity index (χ0v) is 28.3. The van der Waals surface area contributed by atoms with Gasteiger partial charge in [-0.15, -0.1) is 11.3 Å². The highest BCUT2D eigenvalue weighted by molar-refractivity contribution is 7.25. The van der Waals surface area contributed by atoms with Crippen LogP contribution in [0.3, 0.4) is 0 Å². The lowest BCUT2D eigenvalue weighted by atomic mass is 9.82. The zero-order chi connectivity index (χ0) is 32.7. The summed E-state index contributed by atoms with van der Waals surface area (Å²) in [4.78, 5) is 2.47. The highest BCUT2D eigenvalue weighted by Gasteiger charge is 2.35. The molecule has 0 spiro atoms. The minimum absolute atomic E-state index is 0.0448. The number of para-hydroxylation sites is 1. The topological polar surface area (TPSA) is 3.24 Å². The Morgan fingerprint density at radius 1 is 0.429 bits per heavy atom. The molecule has 232 valence electrons. The number of rotatable bonds is 4. The van der Waals surface area contributed by atoms with Crippen LogP contribution in [-0.2, 0) is 5.41 Å². The van der Waals surface area contributed by atoms with Crippen molar-refractivity contribution in [3.05, 3.63) is 175 Å². The molecule has 0 amide bonds. The van der Waals surface area contributed by atoms with Crippen molar-refractivity contribution in [2.75, 3.05) is 4.90 Å². The molecule has 0 unspecified atom stereocenters. The second-order valence-corrected chi connectivity index (χ2v) is 14.9. The molecule has 0 atom stereocenters. The molecule has 1 heterocycles. The van der Waals surface area contributed by atoms with Crippen molar-refractivity contribution in [2.24, 2.45) is 0 Å². The van der Waals surface area contributed by atoms with Gasteiger partial charge in [0.1, 0.15) is 0 Å². The van der Waals surface area contributed by atoms with Gasteiger partial charge in [0.25, 0.3) is 0 Å². The van der Waals surface area contributed by atoms with Gasteiger partial charge in [-0.1, -0.05) is 123 Å². The number of hydrogen-bond acceptors (Lipinski definition) is 2. The molecule has 0 radical (unpaired) electrons. The molecule has 1 aliphatic rings. The Labute approximate surface area is 290 Å². The predicted octanol–water partition coefficient (Wildman–Crippen LogP) is 13.8. The van der Waals surface area contributed by atoms with Crippen molar-refractivity contribution in [1.82, 2.24) is 0 Å². The molecule has 0 N–H and O–H groups in total. The lowest BCUT2D eigenvalue weighted by Crippen LogP contribution is -2.15. The fraction of sp³-hybridized carbons (Fsp3) is 0.0638. The quantitative estimate of drug-likeness (QED) is 0.184. The molecule has 49 heavy (non-hydrogen) atoms. The minimum Gasteiger partial charge on any atom is -0.310 e. The van der Waals surface area contributed by atoms with Crippen molar-refractivity contribution >= 4 is 70.1 Å². The Balaban J connectivity index is 1.21. The molecule has 0 aliphatic heterocycles. The molecule has 1 aliphatic carbocycles. The fourth-order valence-electron chi connectivity index (χ4n) is 8.14. The van der Waals surface area contributed by atoms with E-state index in [1.807, 2.05) is 11.3 Å². The van der Waals surface area contributed by atoms with Gasteiger partial charge in [0.2, 0.25) is 0 Å². The highest BCUT2D eigenvalue weighted by Crippen LogP contribution is 2.51. The van der Waals surface area contributed by atoms with Gasteiger partial charge in [0, 0.05) is 42.5 Å². The Morgan fingerprint density at radius 3 is 2.02 bits per heavy atom. The molecule has 1 nitrogen and oxygen atoms in total. The van der Waals surface area contributed by atoms with Crippen molar-refractivity contribution in [1.29, 1.82) is 0 Å². The number of nitrogens with zero attached hydrogens (tertiary/aromatic N) is 1. The Bertz CT molecular complexity index is 2770. The van der Waals surface area contributed by atoms with E-state index in [1.54, 1.807) is 0 Å². The fourth-order valence-corrected chi connectivity index (χ4v) is 9.28. The van der Waals surface area contributed by atoms with Crippen LogP contribution in [0.5, 0.6) is 0 Å². The first-order valence-corrected chi connectivity index (χ1v) is 17.8. The standard InChI is InChI=1S/C47H33NS/c1-47(2)42-16-8-5-14-38(42)40-29-36(23-24-43(40)47)48(44-17-9-6-13-37(44)33-20-19-30-11-3-4-12-31(30)25-33)35-22-21-32-27-41-39-15-7-10-18-45(39)49-46(41)28-34(32)26-35/h3-29H,1-2H3. The monoisotopic (exact) mass is 643 g/mol. The summed E-state index contributed by atoms with van der Waals surface area (Å²) in [5.74, 6) is 0. The van der Waals surface area contributed by atoms with Crippen LogP contribution in [0.15, 0.2) is 164 Å². The number of anilines is 3. The maximum atomic E-state index is 2.47. The average Bonchev–Trinajstić information content (AvgIpc) is 3.61. The summed E-state index contributed by atoms with van der Waals surface area (Å²) in [5.41, 5.74) is 11.2.